The molecule has 94 valence electrons. The average molecular weight is 224 g/mol. The first-order valence-electron chi connectivity index (χ1n) is 6.67. The van der Waals surface area contributed by atoms with Gasteiger partial charge in [0, 0.05) is 13.1 Å². The standard InChI is InChI=1S/C14H28N2/c1-12(2)14-6-5-8-16(9-7-14)11-13(3)10-15-4/h12,14-15H,3,5-11H2,1-2,4H3. The van der Waals surface area contributed by atoms with Crippen LogP contribution in [0.1, 0.15) is 33.1 Å². The fraction of sp³-hybridized carbons (Fsp3) is 0.857. The van der Waals surface area contributed by atoms with Gasteiger partial charge in [0.1, 0.15) is 0 Å². The van der Waals surface area contributed by atoms with E-state index in [0.29, 0.717) is 0 Å². The Morgan fingerprint density at radius 1 is 1.38 bits per heavy atom. The molecule has 16 heavy (non-hydrogen) atoms. The molecule has 1 unspecified atom stereocenters. The minimum atomic E-state index is 0.848. The van der Waals surface area contributed by atoms with Crippen LogP contribution in [-0.4, -0.2) is 38.1 Å². The van der Waals surface area contributed by atoms with E-state index in [1.807, 2.05) is 7.05 Å². The maximum atomic E-state index is 4.12. The number of likely N-dealkylation sites (tertiary alicyclic amines) is 1. The van der Waals surface area contributed by atoms with Gasteiger partial charge in [0.2, 0.25) is 0 Å². The van der Waals surface area contributed by atoms with E-state index in [1.165, 1.54) is 37.9 Å². The van der Waals surface area contributed by atoms with E-state index in [9.17, 15) is 0 Å². The van der Waals surface area contributed by atoms with E-state index < -0.39 is 0 Å². The van der Waals surface area contributed by atoms with Crippen LogP contribution < -0.4 is 5.32 Å². The summed E-state index contributed by atoms with van der Waals surface area (Å²) in [5, 5.41) is 3.17. The molecule has 1 N–H and O–H groups in total. The van der Waals surface area contributed by atoms with Gasteiger partial charge in [-0.1, -0.05) is 20.4 Å². The second-order valence-electron chi connectivity index (χ2n) is 5.49. The Morgan fingerprint density at radius 3 is 2.75 bits per heavy atom. The third-order valence-electron chi connectivity index (χ3n) is 3.68. The lowest BCUT2D eigenvalue weighted by molar-refractivity contribution is 0.289. The largest absolute Gasteiger partial charge is 0.316 e. The van der Waals surface area contributed by atoms with E-state index in [4.69, 9.17) is 0 Å². The minimum Gasteiger partial charge on any atom is -0.316 e. The van der Waals surface area contributed by atoms with Crippen molar-refractivity contribution in [1.82, 2.24) is 10.2 Å². The molecular weight excluding hydrogens is 196 g/mol. The molecule has 0 aromatic heterocycles. The van der Waals surface area contributed by atoms with Gasteiger partial charge in [-0.3, -0.25) is 4.90 Å². The van der Waals surface area contributed by atoms with Crippen LogP contribution in [0.5, 0.6) is 0 Å². The monoisotopic (exact) mass is 224 g/mol. The van der Waals surface area contributed by atoms with Gasteiger partial charge in [-0.15, -0.1) is 0 Å². The first-order chi connectivity index (χ1) is 7.63. The number of likely N-dealkylation sites (N-methyl/N-ethyl adjacent to an activating group) is 1. The third kappa shape index (κ3) is 4.67. The zero-order valence-corrected chi connectivity index (χ0v) is 11.3. The van der Waals surface area contributed by atoms with Gasteiger partial charge in [-0.25, -0.2) is 0 Å². The lowest BCUT2D eigenvalue weighted by Gasteiger charge is -2.22. The van der Waals surface area contributed by atoms with E-state index in [-0.39, 0.29) is 0 Å². The molecule has 1 fully saturated rings. The van der Waals surface area contributed by atoms with Crippen molar-refractivity contribution in [2.24, 2.45) is 11.8 Å². The second kappa shape index (κ2) is 7.08. The second-order valence-corrected chi connectivity index (χ2v) is 5.49. The Balaban J connectivity index is 2.32. The van der Waals surface area contributed by atoms with Crippen molar-refractivity contribution in [1.29, 1.82) is 0 Å². The molecule has 0 amide bonds. The van der Waals surface area contributed by atoms with Crippen LogP contribution >= 0.6 is 0 Å². The summed E-state index contributed by atoms with van der Waals surface area (Å²) in [6.45, 7) is 13.4. The minimum absolute atomic E-state index is 0.848. The number of nitrogens with zero attached hydrogens (tertiary/aromatic N) is 1. The van der Waals surface area contributed by atoms with Gasteiger partial charge in [-0.2, -0.15) is 0 Å². The highest BCUT2D eigenvalue weighted by atomic mass is 15.1. The van der Waals surface area contributed by atoms with Gasteiger partial charge in [0.25, 0.3) is 0 Å². The molecule has 0 aromatic carbocycles. The van der Waals surface area contributed by atoms with E-state index >= 15 is 0 Å². The zero-order valence-electron chi connectivity index (χ0n) is 11.3. The third-order valence-corrected chi connectivity index (χ3v) is 3.68. The Morgan fingerprint density at radius 2 is 2.12 bits per heavy atom. The molecule has 0 aliphatic carbocycles. The Bertz CT molecular complexity index is 211. The quantitative estimate of drug-likeness (QED) is 0.722. The van der Waals surface area contributed by atoms with Crippen LogP contribution in [0.15, 0.2) is 12.2 Å². The Kier molecular flexibility index (Phi) is 6.07. The average Bonchev–Trinajstić information content (AvgIpc) is 2.43. The van der Waals surface area contributed by atoms with Crippen molar-refractivity contribution in [2.75, 3.05) is 33.2 Å². The van der Waals surface area contributed by atoms with Crippen molar-refractivity contribution in [3.63, 3.8) is 0 Å². The summed E-state index contributed by atoms with van der Waals surface area (Å²) in [6.07, 6.45) is 4.13. The van der Waals surface area contributed by atoms with Crippen LogP contribution in [0.4, 0.5) is 0 Å². The van der Waals surface area contributed by atoms with Crippen molar-refractivity contribution in [3.05, 3.63) is 12.2 Å². The summed E-state index contributed by atoms with van der Waals surface area (Å²) < 4.78 is 0. The fourth-order valence-corrected chi connectivity index (χ4v) is 2.63. The molecule has 0 aromatic rings. The fourth-order valence-electron chi connectivity index (χ4n) is 2.63. The normalized spacial score (nSPS) is 23.4. The molecule has 1 aliphatic heterocycles. The van der Waals surface area contributed by atoms with Crippen LogP contribution in [0.25, 0.3) is 0 Å². The Labute approximate surface area is 101 Å². The number of nitrogens with one attached hydrogen (secondary N) is 1. The van der Waals surface area contributed by atoms with Gasteiger partial charge in [-0.05, 0) is 56.8 Å². The highest BCUT2D eigenvalue weighted by Crippen LogP contribution is 2.24. The number of hydrogen-bond acceptors (Lipinski definition) is 2. The molecule has 0 saturated carbocycles. The maximum absolute atomic E-state index is 4.12. The Hall–Kier alpha value is -0.340. The van der Waals surface area contributed by atoms with Gasteiger partial charge in [0.15, 0.2) is 0 Å². The first-order valence-corrected chi connectivity index (χ1v) is 6.67. The van der Waals surface area contributed by atoms with E-state index in [0.717, 1.165) is 24.9 Å². The molecule has 1 rings (SSSR count). The van der Waals surface area contributed by atoms with Crippen molar-refractivity contribution in [2.45, 2.75) is 33.1 Å². The lowest BCUT2D eigenvalue weighted by Crippen LogP contribution is -2.29. The van der Waals surface area contributed by atoms with Crippen molar-refractivity contribution in [3.8, 4) is 0 Å². The molecule has 0 bridgehead atoms. The van der Waals surface area contributed by atoms with Gasteiger partial charge in [0.05, 0.1) is 0 Å². The molecule has 0 spiro atoms. The topological polar surface area (TPSA) is 15.3 Å². The van der Waals surface area contributed by atoms with E-state index in [2.05, 4.69) is 30.6 Å². The molecule has 2 heteroatoms. The summed E-state index contributed by atoms with van der Waals surface area (Å²) in [4.78, 5) is 2.57. The summed E-state index contributed by atoms with van der Waals surface area (Å²) in [7, 11) is 1.99. The summed E-state index contributed by atoms with van der Waals surface area (Å²) in [6, 6.07) is 0. The van der Waals surface area contributed by atoms with Crippen LogP contribution in [-0.2, 0) is 0 Å². The number of rotatable bonds is 5. The van der Waals surface area contributed by atoms with Gasteiger partial charge >= 0.3 is 0 Å². The molecule has 1 saturated heterocycles. The predicted octanol–water partition coefficient (Wildman–Crippen LogP) is 2.52. The zero-order chi connectivity index (χ0) is 12.0. The van der Waals surface area contributed by atoms with Crippen LogP contribution in [0.2, 0.25) is 0 Å². The molecule has 0 radical (unpaired) electrons. The maximum Gasteiger partial charge on any atom is 0.0202 e. The van der Waals surface area contributed by atoms with Gasteiger partial charge < -0.3 is 5.32 Å². The lowest BCUT2D eigenvalue weighted by atomic mass is 9.89. The molecule has 1 atom stereocenters. The smallest absolute Gasteiger partial charge is 0.0202 e. The van der Waals surface area contributed by atoms with E-state index in [1.54, 1.807) is 0 Å². The summed E-state index contributed by atoms with van der Waals surface area (Å²) in [5.74, 6) is 1.78. The van der Waals surface area contributed by atoms with Crippen LogP contribution in [0, 0.1) is 11.8 Å². The van der Waals surface area contributed by atoms with Crippen molar-refractivity contribution < 1.29 is 0 Å². The SMILES string of the molecule is C=C(CNC)CN1CCCC(C(C)C)CC1. The molecule has 1 heterocycles. The molecular formula is C14H28N2. The molecule has 2 nitrogen and oxygen atoms in total. The predicted molar refractivity (Wildman–Crippen MR) is 71.7 cm³/mol. The first kappa shape index (κ1) is 13.7. The van der Waals surface area contributed by atoms with Crippen LogP contribution in [0.3, 0.4) is 0 Å². The summed E-state index contributed by atoms with van der Waals surface area (Å²) in [5.41, 5.74) is 1.31. The number of hydrogen-bond donors (Lipinski definition) is 1. The highest BCUT2D eigenvalue weighted by Gasteiger charge is 2.19. The molecule has 1 aliphatic rings. The van der Waals surface area contributed by atoms with Crippen molar-refractivity contribution >= 4 is 0 Å². The summed E-state index contributed by atoms with van der Waals surface area (Å²) >= 11 is 0. The highest BCUT2D eigenvalue weighted by molar-refractivity contribution is 4.99.